The first-order valence-corrected chi connectivity index (χ1v) is 11.7. The molecule has 1 aliphatic rings. The number of pyridine rings is 1. The van der Waals surface area contributed by atoms with E-state index < -0.39 is 28.8 Å². The molecule has 0 saturated heterocycles. The molecule has 0 fully saturated rings. The summed E-state index contributed by atoms with van der Waals surface area (Å²) < 4.78 is 30.3. The molecule has 2 atom stereocenters. The summed E-state index contributed by atoms with van der Waals surface area (Å²) in [5, 5.41) is 9.61. The van der Waals surface area contributed by atoms with Crippen molar-refractivity contribution in [1.82, 2.24) is 24.7 Å². The maximum atomic E-state index is 14.5. The van der Waals surface area contributed by atoms with E-state index in [1.165, 1.54) is 10.9 Å². The van der Waals surface area contributed by atoms with E-state index in [0.717, 1.165) is 23.8 Å². The lowest BCUT2D eigenvalue weighted by Crippen LogP contribution is -2.27. The zero-order valence-electron chi connectivity index (χ0n) is 19.1. The van der Waals surface area contributed by atoms with Gasteiger partial charge < -0.3 is 5.32 Å². The number of amides is 1. The number of H-pyrrole nitrogens is 1. The van der Waals surface area contributed by atoms with Gasteiger partial charge in [-0.05, 0) is 37.1 Å². The summed E-state index contributed by atoms with van der Waals surface area (Å²) in [6.45, 7) is 1.84. The lowest BCUT2D eigenvalue weighted by Gasteiger charge is -2.22. The highest BCUT2D eigenvalue weighted by Crippen LogP contribution is 2.32. The number of fused-ring (bicyclic) bond motifs is 4. The molecule has 2 unspecified atom stereocenters. The first-order valence-electron chi connectivity index (χ1n) is 11.4. The largest absolute Gasteiger partial charge is 0.323 e. The molecule has 2 bridgehead atoms. The highest BCUT2D eigenvalue weighted by Gasteiger charge is 2.24. The van der Waals surface area contributed by atoms with Crippen molar-refractivity contribution < 1.29 is 13.6 Å². The van der Waals surface area contributed by atoms with Gasteiger partial charge in [0.1, 0.15) is 5.82 Å². The maximum Gasteiger partial charge on any atom is 0.254 e. The fourth-order valence-corrected chi connectivity index (χ4v) is 4.52. The summed E-state index contributed by atoms with van der Waals surface area (Å²) in [5.41, 5.74) is 1.38. The van der Waals surface area contributed by atoms with Gasteiger partial charge in [-0.25, -0.2) is 13.8 Å². The number of carbonyl (C=O) groups is 1. The van der Waals surface area contributed by atoms with E-state index in [0.29, 0.717) is 36.3 Å². The Balaban J connectivity index is 1.60. The van der Waals surface area contributed by atoms with E-state index in [2.05, 4.69) is 25.5 Å². The minimum atomic E-state index is -0.982. The number of aromatic nitrogens is 5. The molecule has 36 heavy (non-hydrogen) atoms. The van der Waals surface area contributed by atoms with Crippen LogP contribution in [0.4, 0.5) is 14.5 Å². The Bertz CT molecular complexity index is 1520. The molecule has 4 heterocycles. The molecule has 1 aromatic carbocycles. The summed E-state index contributed by atoms with van der Waals surface area (Å²) in [4.78, 5) is 34.6. The van der Waals surface area contributed by atoms with Gasteiger partial charge in [0.15, 0.2) is 5.82 Å². The number of hydrogen-bond acceptors (Lipinski definition) is 5. The van der Waals surface area contributed by atoms with Gasteiger partial charge in [0.2, 0.25) is 5.91 Å². The Morgan fingerprint density at radius 1 is 1.11 bits per heavy atom. The molecule has 0 spiro atoms. The molecule has 0 radical (unpaired) electrons. The van der Waals surface area contributed by atoms with E-state index in [1.807, 2.05) is 13.0 Å². The average molecular weight is 511 g/mol. The van der Waals surface area contributed by atoms with E-state index >= 15 is 0 Å². The van der Waals surface area contributed by atoms with Gasteiger partial charge in [-0.3, -0.25) is 24.2 Å². The molecule has 184 valence electrons. The van der Waals surface area contributed by atoms with E-state index in [9.17, 15) is 18.4 Å². The summed E-state index contributed by atoms with van der Waals surface area (Å²) in [7, 11) is 0. The predicted molar refractivity (Wildman–Crippen MR) is 130 cm³/mol. The number of nitrogens with zero attached hydrogens (tertiary/aromatic N) is 4. The van der Waals surface area contributed by atoms with Crippen LogP contribution in [-0.4, -0.2) is 30.6 Å². The number of rotatable bonds is 2. The van der Waals surface area contributed by atoms with Crippen LogP contribution in [0.1, 0.15) is 37.9 Å². The zero-order valence-corrected chi connectivity index (χ0v) is 19.9. The first kappa shape index (κ1) is 23.8. The monoisotopic (exact) mass is 510 g/mol. The second-order valence-corrected chi connectivity index (χ2v) is 9.11. The third-order valence-electron chi connectivity index (χ3n) is 6.34. The minimum Gasteiger partial charge on any atom is -0.323 e. The molecule has 3 aromatic heterocycles. The van der Waals surface area contributed by atoms with Crippen molar-refractivity contribution in [2.24, 2.45) is 5.92 Å². The molecule has 2 N–H and O–H groups in total. The highest BCUT2D eigenvalue weighted by molar-refractivity contribution is 6.31. The Morgan fingerprint density at radius 3 is 2.75 bits per heavy atom. The molecule has 1 aliphatic heterocycles. The SMILES string of the molecule is CC1CCCC(n2cnc(-c3c(F)ccc(Cl)c3F)cc2=O)c2cc(ccn2)-c2[nH]ncc2NC1=O. The van der Waals surface area contributed by atoms with Gasteiger partial charge in [-0.2, -0.15) is 5.10 Å². The van der Waals surface area contributed by atoms with Crippen molar-refractivity contribution in [2.45, 2.75) is 32.2 Å². The molecule has 0 aliphatic carbocycles. The standard InChI is InChI=1S/C25H21ClF2N6O2/c1-13-3-2-4-20(17-9-14(7-8-29-17)24-19(11-31-33-24)32-25(13)36)34-12-30-18(10-21(34)35)22-16(27)6-5-15(26)23(22)28/h5-13,20H,2-4H2,1H3,(H,31,33)(H,32,36). The van der Waals surface area contributed by atoms with Gasteiger partial charge in [0.25, 0.3) is 5.56 Å². The number of hydrogen-bond donors (Lipinski definition) is 2. The van der Waals surface area contributed by atoms with Gasteiger partial charge >= 0.3 is 0 Å². The van der Waals surface area contributed by atoms with Gasteiger partial charge in [0.05, 0.1) is 51.9 Å². The molecule has 0 saturated carbocycles. The van der Waals surface area contributed by atoms with Crippen molar-refractivity contribution in [1.29, 1.82) is 0 Å². The van der Waals surface area contributed by atoms with Crippen LogP contribution in [0.25, 0.3) is 22.5 Å². The smallest absolute Gasteiger partial charge is 0.254 e. The van der Waals surface area contributed by atoms with E-state index in [-0.39, 0.29) is 22.5 Å². The van der Waals surface area contributed by atoms with Crippen LogP contribution in [0.15, 0.2) is 53.8 Å². The number of anilines is 1. The molecular weight excluding hydrogens is 490 g/mol. The van der Waals surface area contributed by atoms with Crippen LogP contribution in [-0.2, 0) is 4.79 Å². The van der Waals surface area contributed by atoms with Crippen molar-refractivity contribution in [3.05, 3.63) is 81.8 Å². The summed E-state index contributed by atoms with van der Waals surface area (Å²) in [6.07, 6.45) is 6.11. The van der Waals surface area contributed by atoms with Crippen molar-refractivity contribution in [3.8, 4) is 22.5 Å². The Hall–Kier alpha value is -3.92. The molecular formula is C25H21ClF2N6O2. The van der Waals surface area contributed by atoms with E-state index in [1.54, 1.807) is 18.5 Å². The summed E-state index contributed by atoms with van der Waals surface area (Å²) in [6, 6.07) is 6.28. The Labute approximate surface area is 209 Å². The molecule has 4 aromatic rings. The second kappa shape index (κ2) is 9.62. The van der Waals surface area contributed by atoms with Crippen LogP contribution in [0, 0.1) is 17.6 Å². The molecule has 1 amide bonds. The molecule has 11 heteroatoms. The topological polar surface area (TPSA) is 106 Å². The highest BCUT2D eigenvalue weighted by atomic mass is 35.5. The first-order chi connectivity index (χ1) is 17.3. The number of aromatic amines is 1. The van der Waals surface area contributed by atoms with Gasteiger partial charge in [-0.15, -0.1) is 0 Å². The minimum absolute atomic E-state index is 0.127. The zero-order chi connectivity index (χ0) is 25.4. The van der Waals surface area contributed by atoms with Crippen molar-refractivity contribution >= 4 is 23.2 Å². The third kappa shape index (κ3) is 4.39. The van der Waals surface area contributed by atoms with Crippen molar-refractivity contribution in [3.63, 3.8) is 0 Å². The second-order valence-electron chi connectivity index (χ2n) is 8.70. The van der Waals surface area contributed by atoms with Crippen LogP contribution >= 0.6 is 11.6 Å². The third-order valence-corrected chi connectivity index (χ3v) is 6.63. The van der Waals surface area contributed by atoms with Crippen LogP contribution in [0.5, 0.6) is 0 Å². The van der Waals surface area contributed by atoms with Crippen LogP contribution in [0.2, 0.25) is 5.02 Å². The van der Waals surface area contributed by atoms with E-state index in [4.69, 9.17) is 11.6 Å². The molecule has 8 nitrogen and oxygen atoms in total. The van der Waals surface area contributed by atoms with Crippen LogP contribution < -0.4 is 10.9 Å². The number of halogens is 3. The number of carbonyl (C=O) groups excluding carboxylic acids is 1. The van der Waals surface area contributed by atoms with Crippen LogP contribution in [0.3, 0.4) is 0 Å². The van der Waals surface area contributed by atoms with Gasteiger partial charge in [-0.1, -0.05) is 24.9 Å². The fourth-order valence-electron chi connectivity index (χ4n) is 4.36. The molecule has 5 rings (SSSR count). The lowest BCUT2D eigenvalue weighted by atomic mass is 9.97. The number of nitrogens with one attached hydrogen (secondary N) is 2. The van der Waals surface area contributed by atoms with Crippen molar-refractivity contribution in [2.75, 3.05) is 5.32 Å². The Kier molecular flexibility index (Phi) is 6.36. The normalized spacial score (nSPS) is 18.1. The quantitative estimate of drug-likeness (QED) is 0.370. The van der Waals surface area contributed by atoms with Gasteiger partial charge in [0, 0.05) is 23.7 Å². The predicted octanol–water partition coefficient (Wildman–Crippen LogP) is 4.97. The summed E-state index contributed by atoms with van der Waals surface area (Å²) >= 11 is 5.81. The average Bonchev–Trinajstić information content (AvgIpc) is 3.32. The number of benzene rings is 1. The maximum absolute atomic E-state index is 14.5. The summed E-state index contributed by atoms with van der Waals surface area (Å²) in [5.74, 6) is -2.25. The fraction of sp³-hybridized carbons (Fsp3) is 0.240. The Morgan fingerprint density at radius 2 is 1.94 bits per heavy atom. The lowest BCUT2D eigenvalue weighted by molar-refractivity contribution is -0.119.